The third kappa shape index (κ3) is 7.74. The first kappa shape index (κ1) is 48.8. The van der Waals surface area contributed by atoms with E-state index in [1.165, 1.54) is 12.1 Å². The molecule has 2 aromatic heterocycles. The van der Waals surface area contributed by atoms with Gasteiger partial charge in [0.2, 0.25) is 0 Å². The van der Waals surface area contributed by atoms with Gasteiger partial charge in [0.15, 0.2) is 46.5 Å². The third-order valence-electron chi connectivity index (χ3n) is 14.2. The van der Waals surface area contributed by atoms with Gasteiger partial charge >= 0.3 is 0 Å². The molecule has 77 heavy (non-hydrogen) atoms. The highest BCUT2D eigenvalue weighted by Crippen LogP contribution is 2.45. The number of halogens is 10. The standard InChI is InChI=1S/C62H38F10N4Si/c1-77(2,61-55(69)51(65)59(52(66)56(61)70)73(39-25-21-35(63)22-26-39)41-29-31-49-45(33-41)43-17-9-11-19-47(43)75(49)37-13-5-3-6-14-37)62-57(71)53(67)60(54(68)58(62)72)74(40-27-23-36(64)24-28-40)42-30-32-50-46(34-42)44-18-10-12-20-48(44)76(50)38-15-7-4-8-16-38/h3-34H,1-2H3. The van der Waals surface area contributed by atoms with Crippen LogP contribution in [0.15, 0.2) is 194 Å². The molecule has 0 aliphatic carbocycles. The van der Waals surface area contributed by atoms with E-state index < -0.39 is 88.0 Å². The van der Waals surface area contributed by atoms with E-state index >= 15 is 35.1 Å². The fourth-order valence-electron chi connectivity index (χ4n) is 10.8. The highest BCUT2D eigenvalue weighted by molar-refractivity contribution is 7.00. The van der Waals surface area contributed by atoms with Crippen LogP contribution in [0.2, 0.25) is 13.1 Å². The van der Waals surface area contributed by atoms with Gasteiger partial charge in [0, 0.05) is 66.0 Å². The first-order chi connectivity index (χ1) is 37.1. The molecule has 0 aliphatic heterocycles. The van der Waals surface area contributed by atoms with Crippen LogP contribution in [-0.2, 0) is 0 Å². The second-order valence-electron chi connectivity index (χ2n) is 19.0. The molecule has 380 valence electrons. The molecule has 0 saturated carbocycles. The quantitative estimate of drug-likeness (QED) is 0.0771. The van der Waals surface area contributed by atoms with Crippen molar-refractivity contribution in [1.29, 1.82) is 0 Å². The molecule has 0 amide bonds. The number of rotatable bonds is 10. The Labute approximate surface area is 434 Å². The minimum absolute atomic E-state index is 0.0236. The van der Waals surface area contributed by atoms with Crippen molar-refractivity contribution in [2.24, 2.45) is 0 Å². The summed E-state index contributed by atoms with van der Waals surface area (Å²) in [6.07, 6.45) is 0. The van der Waals surface area contributed by atoms with E-state index in [1.54, 1.807) is 36.4 Å². The predicted octanol–water partition coefficient (Wildman–Crippen LogP) is 17.0. The molecule has 0 bridgehead atoms. The minimum atomic E-state index is -5.00. The number of hydrogen-bond acceptors (Lipinski definition) is 2. The molecule has 4 nitrogen and oxygen atoms in total. The van der Waals surface area contributed by atoms with Gasteiger partial charge in [0.1, 0.15) is 31.1 Å². The largest absolute Gasteiger partial charge is 0.309 e. The number of aromatic nitrogens is 2. The molecule has 0 radical (unpaired) electrons. The van der Waals surface area contributed by atoms with Crippen molar-refractivity contribution in [1.82, 2.24) is 9.13 Å². The van der Waals surface area contributed by atoms with Crippen LogP contribution in [0.4, 0.5) is 78.0 Å². The molecule has 0 fully saturated rings. The van der Waals surface area contributed by atoms with Crippen LogP contribution in [-0.4, -0.2) is 17.2 Å². The molecule has 12 rings (SSSR count). The first-order valence-corrected chi connectivity index (χ1v) is 27.2. The Balaban J connectivity index is 1.01. The monoisotopic (exact) mass is 1060 g/mol. The fraction of sp³-hybridized carbons (Fsp3) is 0.0323. The van der Waals surface area contributed by atoms with E-state index in [9.17, 15) is 8.78 Å². The lowest BCUT2D eigenvalue weighted by Gasteiger charge is -2.32. The molecule has 15 heteroatoms. The SMILES string of the molecule is C[Si](C)(c1c(F)c(F)c(N(c2ccc(F)cc2)c2ccc3c(c2)c2ccccc2n3-c2ccccc2)c(F)c1F)c1c(F)c(F)c(N(c2ccc(F)cc2)c2ccc3c(c2)c2ccccc2n3-c2ccccc2)c(F)c1F. The lowest BCUT2D eigenvalue weighted by atomic mass is 10.1. The highest BCUT2D eigenvalue weighted by Gasteiger charge is 2.45. The van der Waals surface area contributed by atoms with Crippen molar-refractivity contribution in [3.05, 3.63) is 252 Å². The summed E-state index contributed by atoms with van der Waals surface area (Å²) in [6.45, 7) is 1.80. The van der Waals surface area contributed by atoms with Crippen molar-refractivity contribution in [2.45, 2.75) is 13.1 Å². The Morgan fingerprint density at radius 1 is 0.299 bits per heavy atom. The van der Waals surface area contributed by atoms with Crippen molar-refractivity contribution in [3.63, 3.8) is 0 Å². The van der Waals surface area contributed by atoms with Gasteiger partial charge in [-0.1, -0.05) is 85.9 Å². The predicted molar refractivity (Wildman–Crippen MR) is 287 cm³/mol. The Kier molecular flexibility index (Phi) is 11.8. The summed E-state index contributed by atoms with van der Waals surface area (Å²) >= 11 is 0. The van der Waals surface area contributed by atoms with Crippen LogP contribution < -0.4 is 20.2 Å². The van der Waals surface area contributed by atoms with Gasteiger partial charge in [-0.3, -0.25) is 0 Å². The number of hydrogen-bond donors (Lipinski definition) is 0. The summed E-state index contributed by atoms with van der Waals surface area (Å²) < 4.78 is 170. The topological polar surface area (TPSA) is 16.3 Å². The summed E-state index contributed by atoms with van der Waals surface area (Å²) in [5.74, 6) is -17.8. The molecular weight excluding hydrogens is 1020 g/mol. The molecule has 0 spiro atoms. The summed E-state index contributed by atoms with van der Waals surface area (Å²) in [5, 5.41) is -0.384. The number of benzene rings is 10. The zero-order valence-electron chi connectivity index (χ0n) is 40.5. The van der Waals surface area contributed by atoms with E-state index in [0.29, 0.717) is 32.6 Å². The average molecular weight is 1060 g/mol. The van der Waals surface area contributed by atoms with Gasteiger partial charge in [-0.2, -0.15) is 0 Å². The van der Waals surface area contributed by atoms with Crippen LogP contribution in [0, 0.1) is 58.2 Å². The second kappa shape index (κ2) is 18.6. The van der Waals surface area contributed by atoms with Crippen LogP contribution in [0.25, 0.3) is 55.0 Å². The summed E-state index contributed by atoms with van der Waals surface area (Å²) in [5.41, 5.74) is 1.49. The van der Waals surface area contributed by atoms with Crippen molar-refractivity contribution < 1.29 is 43.9 Å². The van der Waals surface area contributed by atoms with Crippen molar-refractivity contribution in [3.8, 4) is 11.4 Å². The number of nitrogens with zero attached hydrogens (tertiary/aromatic N) is 4. The lowest BCUT2D eigenvalue weighted by Crippen LogP contribution is -2.59. The molecule has 12 aromatic rings. The summed E-state index contributed by atoms with van der Waals surface area (Å²) in [4.78, 5) is 1.69. The fourth-order valence-corrected chi connectivity index (χ4v) is 13.6. The van der Waals surface area contributed by atoms with Crippen LogP contribution in [0.1, 0.15) is 0 Å². The van der Waals surface area contributed by atoms with E-state index in [1.807, 2.05) is 106 Å². The van der Waals surface area contributed by atoms with E-state index in [-0.39, 0.29) is 22.7 Å². The second-order valence-corrected chi connectivity index (χ2v) is 23.2. The van der Waals surface area contributed by atoms with E-state index in [0.717, 1.165) is 93.8 Å². The summed E-state index contributed by atoms with van der Waals surface area (Å²) in [7, 11) is -5.00. The van der Waals surface area contributed by atoms with Crippen molar-refractivity contribution in [2.75, 3.05) is 9.80 Å². The average Bonchev–Trinajstić information content (AvgIpc) is 4.01. The molecule has 0 aliphatic rings. The van der Waals surface area contributed by atoms with Gasteiger partial charge in [-0.15, -0.1) is 0 Å². The maximum absolute atomic E-state index is 17.2. The first-order valence-electron chi connectivity index (χ1n) is 24.2. The molecule has 0 saturated heterocycles. The van der Waals surface area contributed by atoms with Crippen LogP contribution >= 0.6 is 0 Å². The van der Waals surface area contributed by atoms with Gasteiger partial charge in [0.25, 0.3) is 0 Å². The third-order valence-corrected chi connectivity index (χ3v) is 17.6. The molecule has 0 N–H and O–H groups in total. The Morgan fingerprint density at radius 2 is 0.597 bits per heavy atom. The Hall–Kier alpha value is -9.08. The number of fused-ring (bicyclic) bond motifs is 6. The maximum Gasteiger partial charge on any atom is 0.185 e. The number of para-hydroxylation sites is 4. The normalized spacial score (nSPS) is 11.9. The van der Waals surface area contributed by atoms with Gasteiger partial charge < -0.3 is 18.9 Å². The zero-order chi connectivity index (χ0) is 53.6. The zero-order valence-corrected chi connectivity index (χ0v) is 41.5. The molecular formula is C62H38F10N4Si. The van der Waals surface area contributed by atoms with Gasteiger partial charge in [-0.05, 0) is 121 Å². The Bertz CT molecular complexity index is 3980. The lowest BCUT2D eigenvalue weighted by molar-refractivity contribution is 0.461. The smallest absolute Gasteiger partial charge is 0.185 e. The molecule has 10 aromatic carbocycles. The summed E-state index contributed by atoms with van der Waals surface area (Å²) in [6, 6.07) is 51.1. The van der Waals surface area contributed by atoms with Gasteiger partial charge in [0.05, 0.1) is 22.1 Å². The highest BCUT2D eigenvalue weighted by atomic mass is 28.3. The van der Waals surface area contributed by atoms with E-state index in [2.05, 4.69) is 0 Å². The van der Waals surface area contributed by atoms with Crippen LogP contribution in [0.5, 0.6) is 0 Å². The van der Waals surface area contributed by atoms with E-state index in [4.69, 9.17) is 0 Å². The number of anilines is 6. The van der Waals surface area contributed by atoms with Crippen LogP contribution in [0.3, 0.4) is 0 Å². The molecule has 2 heterocycles. The molecule has 0 atom stereocenters. The Morgan fingerprint density at radius 3 is 0.948 bits per heavy atom. The van der Waals surface area contributed by atoms with Crippen molar-refractivity contribution >= 4 is 96.2 Å². The van der Waals surface area contributed by atoms with Gasteiger partial charge in [-0.25, -0.2) is 43.9 Å². The maximum atomic E-state index is 17.2. The molecule has 0 unspecified atom stereocenters. The minimum Gasteiger partial charge on any atom is -0.309 e.